The third-order valence-corrected chi connectivity index (χ3v) is 7.62. The summed E-state index contributed by atoms with van der Waals surface area (Å²) in [4.78, 5) is 25.3. The molecular weight excluding hydrogens is 352 g/mol. The fourth-order valence-corrected chi connectivity index (χ4v) is 6.13. The Morgan fingerprint density at radius 1 is 1.22 bits per heavy atom. The monoisotopic (exact) mass is 374 g/mol. The van der Waals surface area contributed by atoms with Crippen molar-refractivity contribution in [2.24, 2.45) is 22.7 Å². The molecule has 4 heterocycles. The van der Waals surface area contributed by atoms with Crippen molar-refractivity contribution in [1.82, 2.24) is 0 Å². The summed E-state index contributed by atoms with van der Waals surface area (Å²) in [5.41, 5.74) is -2.92. The third-order valence-electron chi connectivity index (χ3n) is 7.62. The maximum Gasteiger partial charge on any atom is 0.343 e. The second kappa shape index (κ2) is 5.02. The van der Waals surface area contributed by atoms with Crippen LogP contribution >= 0.6 is 0 Å². The van der Waals surface area contributed by atoms with Crippen LogP contribution in [0.25, 0.3) is 0 Å². The van der Waals surface area contributed by atoms with Crippen molar-refractivity contribution in [3.63, 3.8) is 0 Å². The highest BCUT2D eigenvalue weighted by Crippen LogP contribution is 2.67. The van der Waals surface area contributed by atoms with Gasteiger partial charge in [0.05, 0.1) is 24.5 Å². The summed E-state index contributed by atoms with van der Waals surface area (Å²) >= 11 is 0. The largest absolute Gasteiger partial charge is 0.472 e. The fourth-order valence-electron chi connectivity index (χ4n) is 6.13. The lowest BCUT2D eigenvalue weighted by Crippen LogP contribution is -2.76. The molecule has 8 unspecified atom stereocenters. The molecule has 2 aliphatic carbocycles. The highest BCUT2D eigenvalue weighted by molar-refractivity contribution is 5.86. The van der Waals surface area contributed by atoms with E-state index in [1.807, 2.05) is 6.92 Å². The molecule has 0 spiro atoms. The van der Waals surface area contributed by atoms with Gasteiger partial charge >= 0.3 is 11.9 Å². The highest BCUT2D eigenvalue weighted by atomic mass is 16.6. The molecule has 1 aromatic rings. The van der Waals surface area contributed by atoms with Crippen LogP contribution in [0.5, 0.6) is 0 Å². The lowest BCUT2D eigenvalue weighted by atomic mass is 9.41. The molecule has 7 nitrogen and oxygen atoms in total. The molecule has 2 bridgehead atoms. The van der Waals surface area contributed by atoms with E-state index in [-0.39, 0.29) is 12.4 Å². The van der Waals surface area contributed by atoms with Gasteiger partial charge in [-0.15, -0.1) is 0 Å². The normalized spacial score (nSPS) is 50.6. The first kappa shape index (κ1) is 17.0. The van der Waals surface area contributed by atoms with Crippen LogP contribution in [0.1, 0.15) is 38.4 Å². The molecule has 144 valence electrons. The maximum atomic E-state index is 12.9. The van der Waals surface area contributed by atoms with Crippen LogP contribution in [-0.2, 0) is 19.1 Å². The van der Waals surface area contributed by atoms with Crippen LogP contribution in [0.3, 0.4) is 0 Å². The van der Waals surface area contributed by atoms with Crippen molar-refractivity contribution in [1.29, 1.82) is 0 Å². The second-order valence-corrected chi connectivity index (χ2v) is 8.75. The number of hydrogen-bond acceptors (Lipinski definition) is 7. The summed E-state index contributed by atoms with van der Waals surface area (Å²) in [6.07, 6.45) is 4.72. The van der Waals surface area contributed by atoms with E-state index >= 15 is 0 Å². The average molecular weight is 374 g/mol. The van der Waals surface area contributed by atoms with Gasteiger partial charge in [-0.3, -0.25) is 4.79 Å². The van der Waals surface area contributed by atoms with E-state index in [0.717, 1.165) is 5.56 Å². The van der Waals surface area contributed by atoms with Crippen molar-refractivity contribution in [3.8, 4) is 0 Å². The van der Waals surface area contributed by atoms with Gasteiger partial charge in [-0.1, -0.05) is 13.8 Å². The molecule has 6 rings (SSSR count). The summed E-state index contributed by atoms with van der Waals surface area (Å²) in [7, 11) is 0. The van der Waals surface area contributed by atoms with Crippen molar-refractivity contribution >= 4 is 11.9 Å². The molecule has 5 aliphatic rings. The van der Waals surface area contributed by atoms with Crippen LogP contribution in [0.2, 0.25) is 0 Å². The van der Waals surface area contributed by atoms with Crippen molar-refractivity contribution in [2.75, 3.05) is 0 Å². The fraction of sp³-hybridized carbons (Fsp3) is 0.600. The third kappa shape index (κ3) is 1.84. The minimum Gasteiger partial charge on any atom is -0.472 e. The molecule has 27 heavy (non-hydrogen) atoms. The number of hydrogen-bond donors (Lipinski definition) is 2. The minimum absolute atomic E-state index is 0.136. The van der Waals surface area contributed by atoms with Gasteiger partial charge in [0.15, 0.2) is 5.60 Å². The molecule has 2 saturated heterocycles. The number of carbonyl (C=O) groups excluding carboxylic acids is 2. The number of fused-ring (bicyclic) bond motifs is 2. The molecule has 1 saturated carbocycles. The second-order valence-electron chi connectivity index (χ2n) is 8.75. The van der Waals surface area contributed by atoms with E-state index in [0.29, 0.717) is 6.42 Å². The molecule has 3 aliphatic heterocycles. The van der Waals surface area contributed by atoms with E-state index in [1.54, 1.807) is 25.3 Å². The summed E-state index contributed by atoms with van der Waals surface area (Å²) in [5, 5.41) is 22.1. The number of esters is 2. The number of aliphatic hydroxyl groups excluding tert-OH is 1. The van der Waals surface area contributed by atoms with E-state index in [4.69, 9.17) is 13.9 Å². The lowest BCUT2D eigenvalue weighted by Gasteiger charge is -2.67. The van der Waals surface area contributed by atoms with Gasteiger partial charge in [0.2, 0.25) is 0 Å². The Hall–Kier alpha value is -2.12. The van der Waals surface area contributed by atoms with Crippen molar-refractivity contribution < 1.29 is 33.7 Å². The lowest BCUT2D eigenvalue weighted by molar-refractivity contribution is -0.284. The predicted octanol–water partition coefficient (Wildman–Crippen LogP) is 1.50. The summed E-state index contributed by atoms with van der Waals surface area (Å²) in [6, 6.07) is 1.76. The van der Waals surface area contributed by atoms with Crippen LogP contribution in [-0.4, -0.2) is 40.0 Å². The summed E-state index contributed by atoms with van der Waals surface area (Å²) in [5.74, 6) is -2.07. The number of cyclic esters (lactones) is 1. The maximum absolute atomic E-state index is 12.9. The van der Waals surface area contributed by atoms with Gasteiger partial charge in [0.1, 0.15) is 12.2 Å². The van der Waals surface area contributed by atoms with Gasteiger partial charge in [-0.05, 0) is 36.5 Å². The standard InChI is InChI=1S/C20H22O7/c1-18-8-13(10-4-6-25-9-10)26-16(22)11(18)7-14(21)19(2)15(18)12-3-5-20(19,24)17(23)27-12/h3-6,9,11-15,21,24H,7-8H2,1-2H3. The molecule has 2 N–H and O–H groups in total. The average Bonchev–Trinajstić information content (AvgIpc) is 3.14. The Labute approximate surface area is 155 Å². The van der Waals surface area contributed by atoms with Gasteiger partial charge in [-0.2, -0.15) is 0 Å². The van der Waals surface area contributed by atoms with Gasteiger partial charge in [-0.25, -0.2) is 4.79 Å². The molecule has 1 aromatic heterocycles. The molecule has 0 aromatic carbocycles. The SMILES string of the molecule is CC12CC(c3ccoc3)OC(=O)C1CC(O)C1(C)C2C2C=CC1(O)C(=O)O2. The Morgan fingerprint density at radius 3 is 2.67 bits per heavy atom. The number of ether oxygens (including phenoxy) is 2. The molecule has 7 heteroatoms. The Balaban J connectivity index is 1.64. The number of furan rings is 1. The molecule has 0 amide bonds. The van der Waals surface area contributed by atoms with Crippen LogP contribution in [0.4, 0.5) is 0 Å². The van der Waals surface area contributed by atoms with Gasteiger partial charge in [0.25, 0.3) is 0 Å². The zero-order valence-corrected chi connectivity index (χ0v) is 15.1. The first-order valence-electron chi connectivity index (χ1n) is 9.25. The first-order chi connectivity index (χ1) is 12.7. The van der Waals surface area contributed by atoms with Gasteiger partial charge in [0, 0.05) is 16.9 Å². The Bertz CT molecular complexity index is 845. The Morgan fingerprint density at radius 2 is 2.00 bits per heavy atom. The number of aliphatic hydroxyl groups is 2. The molecule has 0 radical (unpaired) electrons. The highest BCUT2D eigenvalue weighted by Gasteiger charge is 2.75. The molecular formula is C20H22O7. The topological polar surface area (TPSA) is 106 Å². The number of carbonyl (C=O) groups is 2. The van der Waals surface area contributed by atoms with E-state index in [9.17, 15) is 19.8 Å². The van der Waals surface area contributed by atoms with Crippen molar-refractivity contribution in [3.05, 3.63) is 36.3 Å². The van der Waals surface area contributed by atoms with Crippen molar-refractivity contribution in [2.45, 2.75) is 50.6 Å². The van der Waals surface area contributed by atoms with E-state index < -0.39 is 52.5 Å². The molecule has 3 fully saturated rings. The smallest absolute Gasteiger partial charge is 0.343 e. The summed E-state index contributed by atoms with van der Waals surface area (Å²) in [6.45, 7) is 3.71. The quantitative estimate of drug-likeness (QED) is 0.567. The summed E-state index contributed by atoms with van der Waals surface area (Å²) < 4.78 is 16.3. The minimum atomic E-state index is -1.91. The first-order valence-corrected chi connectivity index (χ1v) is 9.25. The number of rotatable bonds is 1. The van der Waals surface area contributed by atoms with Crippen LogP contribution < -0.4 is 0 Å². The molecule has 8 atom stereocenters. The zero-order valence-electron chi connectivity index (χ0n) is 15.1. The zero-order chi connectivity index (χ0) is 19.2. The van der Waals surface area contributed by atoms with E-state index in [1.165, 1.54) is 12.3 Å². The van der Waals surface area contributed by atoms with Crippen LogP contribution in [0, 0.1) is 22.7 Å². The van der Waals surface area contributed by atoms with Crippen LogP contribution in [0.15, 0.2) is 35.2 Å². The van der Waals surface area contributed by atoms with E-state index in [2.05, 4.69) is 0 Å². The Kier molecular flexibility index (Phi) is 3.17. The predicted molar refractivity (Wildman–Crippen MR) is 89.9 cm³/mol. The van der Waals surface area contributed by atoms with Gasteiger partial charge < -0.3 is 24.1 Å².